The smallest absolute Gasteiger partial charge is 0.206 e. The third-order valence-electron chi connectivity index (χ3n) is 2.63. The van der Waals surface area contributed by atoms with Crippen LogP contribution in [0.25, 0.3) is 5.52 Å². The Morgan fingerprint density at radius 3 is 2.29 bits per heavy atom. The topological polar surface area (TPSA) is 56.2 Å². The minimum atomic E-state index is 0.519. The van der Waals surface area contributed by atoms with Crippen molar-refractivity contribution in [2.45, 2.75) is 27.7 Å². The molecule has 4 nitrogen and oxygen atoms in total. The maximum atomic E-state index is 5.81. The summed E-state index contributed by atoms with van der Waals surface area (Å²) >= 11 is 0. The molecule has 0 radical (unpaired) electrons. The summed E-state index contributed by atoms with van der Waals surface area (Å²) in [6.07, 6.45) is 0. The quantitative estimate of drug-likeness (QED) is 0.685. The largest absolute Gasteiger partial charge is 0.369 e. The number of rotatable bonds is 0. The molecule has 0 atom stereocenters. The van der Waals surface area contributed by atoms with Crippen LogP contribution in [0.2, 0.25) is 0 Å². The van der Waals surface area contributed by atoms with Gasteiger partial charge in [0.05, 0.1) is 11.2 Å². The first-order chi connectivity index (χ1) is 6.52. The van der Waals surface area contributed by atoms with Crippen LogP contribution in [0.5, 0.6) is 0 Å². The van der Waals surface area contributed by atoms with Crippen LogP contribution < -0.4 is 5.73 Å². The molecule has 0 saturated heterocycles. The molecule has 0 unspecified atom stereocenters. The average Bonchev–Trinajstić information content (AvgIpc) is 2.38. The summed E-state index contributed by atoms with van der Waals surface area (Å²) in [5.74, 6) is 1.41. The van der Waals surface area contributed by atoms with Crippen molar-refractivity contribution in [3.63, 3.8) is 0 Å². The number of hydrogen-bond donors (Lipinski definition) is 1. The summed E-state index contributed by atoms with van der Waals surface area (Å²) in [6, 6.07) is 0. The van der Waals surface area contributed by atoms with Crippen LogP contribution in [0, 0.1) is 27.7 Å². The summed E-state index contributed by atoms with van der Waals surface area (Å²) in [5, 5.41) is 0. The molecular formula is C10H14N4. The maximum Gasteiger partial charge on any atom is 0.206 e. The summed E-state index contributed by atoms with van der Waals surface area (Å²) in [4.78, 5) is 8.67. The second-order valence-electron chi connectivity index (χ2n) is 3.61. The van der Waals surface area contributed by atoms with Crippen molar-refractivity contribution in [2.24, 2.45) is 0 Å². The third-order valence-corrected chi connectivity index (χ3v) is 2.63. The molecule has 2 aromatic heterocycles. The summed E-state index contributed by atoms with van der Waals surface area (Å²) in [5.41, 5.74) is 10.1. The molecule has 0 bridgehead atoms. The maximum absolute atomic E-state index is 5.81. The normalized spacial score (nSPS) is 11.1. The molecule has 2 rings (SSSR count). The number of nitrogen functional groups attached to an aromatic ring is 1. The summed E-state index contributed by atoms with van der Waals surface area (Å²) in [6.45, 7) is 7.96. The number of aryl methyl sites for hydroxylation is 4. The van der Waals surface area contributed by atoms with Gasteiger partial charge in [-0.05, 0) is 33.3 Å². The number of nitrogens with zero attached hydrogens (tertiary/aromatic N) is 3. The Morgan fingerprint density at radius 1 is 1.00 bits per heavy atom. The van der Waals surface area contributed by atoms with E-state index in [0.29, 0.717) is 5.95 Å². The number of imidazole rings is 1. The van der Waals surface area contributed by atoms with Crippen LogP contribution in [0.3, 0.4) is 0 Å². The van der Waals surface area contributed by atoms with Crippen molar-refractivity contribution >= 4 is 11.5 Å². The van der Waals surface area contributed by atoms with Gasteiger partial charge in [0, 0.05) is 5.69 Å². The zero-order valence-electron chi connectivity index (χ0n) is 8.92. The van der Waals surface area contributed by atoms with Crippen molar-refractivity contribution in [2.75, 3.05) is 5.73 Å². The van der Waals surface area contributed by atoms with Crippen molar-refractivity contribution in [1.29, 1.82) is 0 Å². The van der Waals surface area contributed by atoms with Crippen molar-refractivity contribution in [3.05, 3.63) is 22.8 Å². The highest BCUT2D eigenvalue weighted by Crippen LogP contribution is 2.21. The van der Waals surface area contributed by atoms with Gasteiger partial charge in [0.1, 0.15) is 5.82 Å². The third kappa shape index (κ3) is 0.999. The molecule has 14 heavy (non-hydrogen) atoms. The van der Waals surface area contributed by atoms with E-state index in [0.717, 1.165) is 28.3 Å². The van der Waals surface area contributed by atoms with Gasteiger partial charge in [-0.3, -0.25) is 4.40 Å². The molecule has 0 aliphatic carbocycles. The molecule has 2 N–H and O–H groups in total. The lowest BCUT2D eigenvalue weighted by Crippen LogP contribution is -2.03. The Hall–Kier alpha value is -1.58. The van der Waals surface area contributed by atoms with Gasteiger partial charge in [-0.15, -0.1) is 0 Å². The summed E-state index contributed by atoms with van der Waals surface area (Å²) < 4.78 is 1.90. The van der Waals surface area contributed by atoms with E-state index in [-0.39, 0.29) is 0 Å². The van der Waals surface area contributed by atoms with E-state index in [4.69, 9.17) is 5.73 Å². The fourth-order valence-electron chi connectivity index (χ4n) is 1.87. The lowest BCUT2D eigenvalue weighted by molar-refractivity contribution is 0.950. The fraction of sp³-hybridized carbons (Fsp3) is 0.400. The first-order valence-electron chi connectivity index (χ1n) is 4.60. The van der Waals surface area contributed by atoms with Crippen LogP contribution >= 0.6 is 0 Å². The fourth-order valence-corrected chi connectivity index (χ4v) is 1.87. The second kappa shape index (κ2) is 2.70. The molecular weight excluding hydrogens is 176 g/mol. The summed E-state index contributed by atoms with van der Waals surface area (Å²) in [7, 11) is 0. The molecule has 0 saturated carbocycles. The van der Waals surface area contributed by atoms with Crippen molar-refractivity contribution < 1.29 is 0 Å². The van der Waals surface area contributed by atoms with E-state index in [2.05, 4.69) is 9.97 Å². The Morgan fingerprint density at radius 2 is 1.64 bits per heavy atom. The van der Waals surface area contributed by atoms with E-state index >= 15 is 0 Å². The van der Waals surface area contributed by atoms with Gasteiger partial charge in [0.2, 0.25) is 5.95 Å². The second-order valence-corrected chi connectivity index (χ2v) is 3.61. The van der Waals surface area contributed by atoms with Crippen LogP contribution in [0.4, 0.5) is 5.95 Å². The molecule has 74 valence electrons. The Kier molecular flexibility index (Phi) is 1.74. The van der Waals surface area contributed by atoms with Gasteiger partial charge in [0.15, 0.2) is 0 Å². The van der Waals surface area contributed by atoms with E-state index in [9.17, 15) is 0 Å². The van der Waals surface area contributed by atoms with Crippen molar-refractivity contribution in [1.82, 2.24) is 14.4 Å². The first-order valence-corrected chi connectivity index (χ1v) is 4.60. The van der Waals surface area contributed by atoms with Crippen LogP contribution in [0.1, 0.15) is 22.8 Å². The minimum absolute atomic E-state index is 0.519. The van der Waals surface area contributed by atoms with Gasteiger partial charge in [-0.2, -0.15) is 0 Å². The number of hydrogen-bond acceptors (Lipinski definition) is 3. The molecule has 2 heterocycles. The lowest BCUT2D eigenvalue weighted by Gasteiger charge is -2.07. The highest BCUT2D eigenvalue weighted by atomic mass is 15.1. The lowest BCUT2D eigenvalue weighted by atomic mass is 10.2. The molecule has 0 amide bonds. The van der Waals surface area contributed by atoms with Crippen molar-refractivity contribution in [3.8, 4) is 0 Å². The molecule has 0 aromatic carbocycles. The highest BCUT2D eigenvalue weighted by molar-refractivity contribution is 5.63. The number of aromatic nitrogens is 3. The van der Waals surface area contributed by atoms with Crippen LogP contribution in [-0.2, 0) is 0 Å². The number of fused-ring (bicyclic) bond motifs is 1. The molecule has 0 aliphatic heterocycles. The van der Waals surface area contributed by atoms with Crippen LogP contribution in [-0.4, -0.2) is 14.4 Å². The predicted octanol–water partition coefficient (Wildman–Crippen LogP) is 1.55. The van der Waals surface area contributed by atoms with Gasteiger partial charge in [-0.1, -0.05) is 0 Å². The van der Waals surface area contributed by atoms with Gasteiger partial charge in [0.25, 0.3) is 0 Å². The average molecular weight is 190 g/mol. The van der Waals surface area contributed by atoms with Gasteiger partial charge < -0.3 is 5.73 Å². The molecule has 0 spiro atoms. The minimum Gasteiger partial charge on any atom is -0.369 e. The number of nitrogens with two attached hydrogens (primary N) is 1. The zero-order valence-corrected chi connectivity index (χ0v) is 8.92. The van der Waals surface area contributed by atoms with E-state index in [1.54, 1.807) is 0 Å². The highest BCUT2D eigenvalue weighted by Gasteiger charge is 2.12. The standard InChI is InChI=1S/C10H14N4/c1-5-6(2)12-8(4)14-9(5)7(3)13-10(14)11/h1-4H3,(H2,11,13). The SMILES string of the molecule is Cc1nc(C)n2c(N)nc(C)c2c1C. The Balaban J connectivity index is 3.05. The molecule has 2 aromatic rings. The van der Waals surface area contributed by atoms with Gasteiger partial charge >= 0.3 is 0 Å². The van der Waals surface area contributed by atoms with E-state index in [1.807, 2.05) is 32.1 Å². The monoisotopic (exact) mass is 190 g/mol. The Labute approximate surface area is 82.8 Å². The molecule has 0 aliphatic rings. The molecule has 0 fully saturated rings. The van der Waals surface area contributed by atoms with Crippen LogP contribution in [0.15, 0.2) is 0 Å². The van der Waals surface area contributed by atoms with E-state index in [1.165, 1.54) is 0 Å². The van der Waals surface area contributed by atoms with E-state index < -0.39 is 0 Å². The Bertz CT molecular complexity index is 511. The van der Waals surface area contributed by atoms with Gasteiger partial charge in [-0.25, -0.2) is 9.97 Å². The molecule has 4 heteroatoms. The number of anilines is 1. The predicted molar refractivity (Wildman–Crippen MR) is 56.3 cm³/mol. The zero-order chi connectivity index (χ0) is 10.5. The first kappa shape index (κ1) is 8.99.